The molecule has 6 nitrogen and oxygen atoms in total. The standard InChI is InChI=1S/C65H108O6/c1-4-7-10-13-16-19-22-25-28-31-32-35-37-40-43-46-49-52-55-58-64(67)70-61-62(71-65(68)59-56-53-50-47-44-41-38-34-30-27-24-21-18-15-12-9-6-3)60-69-63(66)57-54-51-48-45-42-39-36-33-29-26-23-20-17-14-11-8-5-2/h8-9,11-12,16-21,25-30,38,41,62H,4-7,10,13-15,22-24,31-37,39-40,42-61H2,1-3H3/b11-8-,12-9-,19-16-,20-17-,21-18-,28-25-,29-26-,30-27-,41-38-. The third-order valence-electron chi connectivity index (χ3n) is 12.2. The van der Waals surface area contributed by atoms with Gasteiger partial charge in [-0.05, 0) is 122 Å². The first-order chi connectivity index (χ1) is 35.0. The molecule has 0 aromatic rings. The molecule has 0 rings (SSSR count). The minimum Gasteiger partial charge on any atom is -0.462 e. The predicted octanol–water partition coefficient (Wildman–Crippen LogP) is 19.9. The molecule has 0 aliphatic rings. The van der Waals surface area contributed by atoms with Crippen LogP contribution in [0.3, 0.4) is 0 Å². The molecule has 0 saturated carbocycles. The predicted molar refractivity (Wildman–Crippen MR) is 307 cm³/mol. The summed E-state index contributed by atoms with van der Waals surface area (Å²) in [4.78, 5) is 38.2. The molecule has 0 heterocycles. The first kappa shape index (κ1) is 67.1. The Morgan fingerprint density at radius 3 is 0.859 bits per heavy atom. The van der Waals surface area contributed by atoms with E-state index >= 15 is 0 Å². The zero-order chi connectivity index (χ0) is 51.4. The highest BCUT2D eigenvalue weighted by Gasteiger charge is 2.19. The van der Waals surface area contributed by atoms with Crippen LogP contribution in [0, 0.1) is 0 Å². The topological polar surface area (TPSA) is 78.9 Å². The van der Waals surface area contributed by atoms with E-state index in [1.54, 1.807) is 0 Å². The van der Waals surface area contributed by atoms with Crippen molar-refractivity contribution >= 4 is 17.9 Å². The largest absolute Gasteiger partial charge is 0.462 e. The first-order valence-corrected chi connectivity index (χ1v) is 29.4. The van der Waals surface area contributed by atoms with Crippen molar-refractivity contribution in [2.24, 2.45) is 0 Å². The van der Waals surface area contributed by atoms with Gasteiger partial charge in [0.1, 0.15) is 13.2 Å². The highest BCUT2D eigenvalue weighted by atomic mass is 16.6. The Bertz CT molecular complexity index is 1460. The van der Waals surface area contributed by atoms with Crippen molar-refractivity contribution in [2.45, 2.75) is 271 Å². The number of unbranched alkanes of at least 4 members (excludes halogenated alkanes) is 23. The lowest BCUT2D eigenvalue weighted by molar-refractivity contribution is -0.167. The van der Waals surface area contributed by atoms with Gasteiger partial charge in [0.25, 0.3) is 0 Å². The molecule has 1 unspecified atom stereocenters. The van der Waals surface area contributed by atoms with E-state index in [1.807, 2.05) is 0 Å². The van der Waals surface area contributed by atoms with Crippen LogP contribution in [-0.4, -0.2) is 37.2 Å². The lowest BCUT2D eigenvalue weighted by atomic mass is 10.1. The van der Waals surface area contributed by atoms with Crippen molar-refractivity contribution < 1.29 is 28.6 Å². The van der Waals surface area contributed by atoms with E-state index in [-0.39, 0.29) is 31.1 Å². The molecule has 6 heteroatoms. The van der Waals surface area contributed by atoms with Crippen molar-refractivity contribution in [3.8, 4) is 0 Å². The summed E-state index contributed by atoms with van der Waals surface area (Å²) >= 11 is 0. The van der Waals surface area contributed by atoms with Gasteiger partial charge in [0.05, 0.1) is 0 Å². The number of rotatable bonds is 52. The Labute approximate surface area is 438 Å². The second kappa shape index (κ2) is 58.6. The highest BCUT2D eigenvalue weighted by Crippen LogP contribution is 2.15. The summed E-state index contributed by atoms with van der Waals surface area (Å²) in [7, 11) is 0. The second-order valence-corrected chi connectivity index (χ2v) is 19.1. The monoisotopic (exact) mass is 985 g/mol. The van der Waals surface area contributed by atoms with E-state index in [2.05, 4.69) is 130 Å². The molecular formula is C65H108O6. The fourth-order valence-electron chi connectivity index (χ4n) is 7.89. The van der Waals surface area contributed by atoms with Gasteiger partial charge in [0.15, 0.2) is 6.10 Å². The molecule has 0 spiro atoms. The average Bonchev–Trinajstić information content (AvgIpc) is 3.37. The Morgan fingerprint density at radius 1 is 0.296 bits per heavy atom. The lowest BCUT2D eigenvalue weighted by Crippen LogP contribution is -2.30. The first-order valence-electron chi connectivity index (χ1n) is 29.4. The molecule has 404 valence electrons. The quantitative estimate of drug-likeness (QED) is 0.0261. The molecular weight excluding hydrogens is 877 g/mol. The summed E-state index contributed by atoms with van der Waals surface area (Å²) in [6, 6.07) is 0. The molecule has 0 N–H and O–H groups in total. The maximum Gasteiger partial charge on any atom is 0.306 e. The van der Waals surface area contributed by atoms with Crippen LogP contribution in [0.25, 0.3) is 0 Å². The van der Waals surface area contributed by atoms with Crippen molar-refractivity contribution in [2.75, 3.05) is 13.2 Å². The molecule has 0 aliphatic heterocycles. The number of carbonyl (C=O) groups is 3. The Kier molecular flexibility index (Phi) is 55.4. The molecule has 71 heavy (non-hydrogen) atoms. The van der Waals surface area contributed by atoms with Crippen molar-refractivity contribution in [3.63, 3.8) is 0 Å². The fourth-order valence-corrected chi connectivity index (χ4v) is 7.89. The molecule has 0 bridgehead atoms. The molecule has 0 saturated heterocycles. The van der Waals surface area contributed by atoms with E-state index in [0.29, 0.717) is 19.3 Å². The highest BCUT2D eigenvalue weighted by molar-refractivity contribution is 5.71. The van der Waals surface area contributed by atoms with Crippen LogP contribution >= 0.6 is 0 Å². The minimum atomic E-state index is -0.800. The number of carbonyl (C=O) groups excluding carboxylic acids is 3. The number of ether oxygens (including phenoxy) is 3. The van der Waals surface area contributed by atoms with E-state index in [1.165, 1.54) is 96.3 Å². The van der Waals surface area contributed by atoms with Crippen molar-refractivity contribution in [1.29, 1.82) is 0 Å². The Hall–Kier alpha value is -3.93. The third-order valence-corrected chi connectivity index (χ3v) is 12.2. The van der Waals surface area contributed by atoms with E-state index in [4.69, 9.17) is 14.2 Å². The van der Waals surface area contributed by atoms with Gasteiger partial charge in [-0.2, -0.15) is 0 Å². The van der Waals surface area contributed by atoms with Gasteiger partial charge >= 0.3 is 17.9 Å². The van der Waals surface area contributed by atoms with E-state index < -0.39 is 6.10 Å². The van der Waals surface area contributed by atoms with E-state index in [0.717, 1.165) is 128 Å². The van der Waals surface area contributed by atoms with Gasteiger partial charge in [-0.1, -0.05) is 233 Å². The number of hydrogen-bond donors (Lipinski definition) is 0. The summed E-state index contributed by atoms with van der Waals surface area (Å²) < 4.78 is 16.9. The molecule has 0 amide bonds. The summed E-state index contributed by atoms with van der Waals surface area (Å²) in [6.45, 7) is 6.37. The van der Waals surface area contributed by atoms with Crippen LogP contribution in [-0.2, 0) is 28.6 Å². The molecule has 0 aromatic heterocycles. The van der Waals surface area contributed by atoms with Crippen LogP contribution in [0.15, 0.2) is 109 Å². The van der Waals surface area contributed by atoms with Crippen LogP contribution in [0.2, 0.25) is 0 Å². The summed E-state index contributed by atoms with van der Waals surface area (Å²) in [5.41, 5.74) is 0. The van der Waals surface area contributed by atoms with Gasteiger partial charge in [0, 0.05) is 19.3 Å². The second-order valence-electron chi connectivity index (χ2n) is 19.1. The van der Waals surface area contributed by atoms with Gasteiger partial charge in [-0.25, -0.2) is 0 Å². The van der Waals surface area contributed by atoms with Gasteiger partial charge in [-0.15, -0.1) is 0 Å². The number of hydrogen-bond acceptors (Lipinski definition) is 6. The molecule has 0 fully saturated rings. The van der Waals surface area contributed by atoms with Crippen LogP contribution in [0.4, 0.5) is 0 Å². The van der Waals surface area contributed by atoms with Crippen LogP contribution < -0.4 is 0 Å². The maximum absolute atomic E-state index is 12.9. The molecule has 0 aromatic carbocycles. The van der Waals surface area contributed by atoms with Crippen molar-refractivity contribution in [3.05, 3.63) is 109 Å². The fraction of sp³-hybridized carbons (Fsp3) is 0.677. The molecule has 0 aliphatic carbocycles. The smallest absolute Gasteiger partial charge is 0.306 e. The summed E-state index contributed by atoms with van der Waals surface area (Å²) in [6.07, 6.45) is 79.3. The minimum absolute atomic E-state index is 0.0948. The maximum atomic E-state index is 12.9. The van der Waals surface area contributed by atoms with Crippen LogP contribution in [0.5, 0.6) is 0 Å². The van der Waals surface area contributed by atoms with Gasteiger partial charge in [0.2, 0.25) is 0 Å². The van der Waals surface area contributed by atoms with Gasteiger partial charge in [-0.3, -0.25) is 14.4 Å². The van der Waals surface area contributed by atoms with Crippen molar-refractivity contribution in [1.82, 2.24) is 0 Å². The third kappa shape index (κ3) is 56.9. The van der Waals surface area contributed by atoms with E-state index in [9.17, 15) is 14.4 Å². The summed E-state index contributed by atoms with van der Waals surface area (Å²) in [5.74, 6) is -0.930. The zero-order valence-electron chi connectivity index (χ0n) is 46.2. The Balaban J connectivity index is 4.45. The molecule has 0 radical (unpaired) electrons. The summed E-state index contributed by atoms with van der Waals surface area (Å²) in [5, 5.41) is 0. The SMILES string of the molecule is CC/C=C\C/C=C\C/C=C\C/C=C\CCCCCCC(=O)OC(COC(=O)CCCCCCCCC/C=C\C/C=C\C/C=C\CC)COC(=O)CCCCCCCCCCC/C=C\C/C=C\CCCCC. The normalized spacial score (nSPS) is 12.9. The lowest BCUT2D eigenvalue weighted by Gasteiger charge is -2.18. The molecule has 1 atom stereocenters. The number of esters is 3. The zero-order valence-corrected chi connectivity index (χ0v) is 46.2. The van der Waals surface area contributed by atoms with Gasteiger partial charge < -0.3 is 14.2 Å². The number of allylic oxidation sites excluding steroid dienone is 18. The van der Waals surface area contributed by atoms with Crippen LogP contribution in [0.1, 0.15) is 265 Å². The average molecular weight is 986 g/mol. The Morgan fingerprint density at radius 2 is 0.549 bits per heavy atom.